The van der Waals surface area contributed by atoms with Crippen LogP contribution in [0.1, 0.15) is 23.1 Å². The molecule has 1 unspecified atom stereocenters. The molecule has 1 atom stereocenters. The molecule has 1 fully saturated rings. The van der Waals surface area contributed by atoms with Gasteiger partial charge in [0, 0.05) is 19.6 Å². The Balaban J connectivity index is 1.81. The van der Waals surface area contributed by atoms with E-state index in [1.165, 1.54) is 16.7 Å². The number of benzene rings is 1. The zero-order valence-electron chi connectivity index (χ0n) is 12.7. The molecule has 1 aromatic carbocycles. The van der Waals surface area contributed by atoms with Crippen molar-refractivity contribution >= 4 is 11.8 Å². The summed E-state index contributed by atoms with van der Waals surface area (Å²) in [6.07, 6.45) is 1.03. The number of nitrogens with zero attached hydrogens (tertiary/aromatic N) is 1. The first-order chi connectivity index (χ1) is 9.95. The Hall–Kier alpha value is -1.88. The molecule has 1 aromatic rings. The van der Waals surface area contributed by atoms with Crippen LogP contribution in [0.2, 0.25) is 0 Å². The molecule has 1 aliphatic heterocycles. The first-order valence-corrected chi connectivity index (χ1v) is 7.32. The third kappa shape index (κ3) is 4.29. The Morgan fingerprint density at radius 2 is 2.10 bits per heavy atom. The van der Waals surface area contributed by atoms with Gasteiger partial charge in [0.05, 0.1) is 0 Å². The Labute approximate surface area is 125 Å². The predicted molar refractivity (Wildman–Crippen MR) is 81.5 cm³/mol. The minimum atomic E-state index is -0.917. The number of nitrogens with two attached hydrogens (primary N) is 1. The molecular weight excluding hydrogens is 266 g/mol. The van der Waals surface area contributed by atoms with Crippen molar-refractivity contribution in [2.75, 3.05) is 19.6 Å². The molecule has 0 spiro atoms. The third-order valence-electron chi connectivity index (χ3n) is 4.12. The fourth-order valence-electron chi connectivity index (χ4n) is 2.71. The van der Waals surface area contributed by atoms with E-state index in [4.69, 9.17) is 5.73 Å². The molecule has 5 heteroatoms. The van der Waals surface area contributed by atoms with Crippen LogP contribution in [0.4, 0.5) is 0 Å². The van der Waals surface area contributed by atoms with Crippen LogP contribution in [0, 0.1) is 19.8 Å². The molecule has 0 saturated carbocycles. The fraction of sp³-hybridized carbons (Fsp3) is 0.500. The minimum Gasteiger partial charge on any atom is -0.361 e. The second-order valence-corrected chi connectivity index (χ2v) is 5.88. The van der Waals surface area contributed by atoms with Gasteiger partial charge in [0.15, 0.2) is 0 Å². The first-order valence-electron chi connectivity index (χ1n) is 7.32. The van der Waals surface area contributed by atoms with E-state index < -0.39 is 11.8 Å². The molecule has 1 saturated heterocycles. The number of amides is 2. The number of carbonyl (C=O) groups excluding carboxylic acids is 2. The fourth-order valence-corrected chi connectivity index (χ4v) is 2.71. The molecule has 0 bridgehead atoms. The van der Waals surface area contributed by atoms with Crippen LogP contribution >= 0.6 is 0 Å². The number of hydrogen-bond acceptors (Lipinski definition) is 3. The lowest BCUT2D eigenvalue weighted by atomic mass is 10.1. The largest absolute Gasteiger partial charge is 0.361 e. The average molecular weight is 289 g/mol. The number of likely N-dealkylation sites (tertiary alicyclic amines) is 1. The molecule has 21 heavy (non-hydrogen) atoms. The summed E-state index contributed by atoms with van der Waals surface area (Å²) < 4.78 is 0. The maximum atomic E-state index is 11.1. The average Bonchev–Trinajstić information content (AvgIpc) is 2.87. The Bertz CT molecular complexity index is 542. The van der Waals surface area contributed by atoms with E-state index >= 15 is 0 Å². The standard InChI is InChI=1S/C16H23N3O2/c1-11-3-4-13(7-12(11)2)9-19-6-5-14(10-19)8-18-16(21)15(17)20/h3-4,7,14H,5-6,8-10H2,1-2H3,(H2,17,20)(H,18,21). The van der Waals surface area contributed by atoms with Gasteiger partial charge in [-0.3, -0.25) is 14.5 Å². The summed E-state index contributed by atoms with van der Waals surface area (Å²) in [5.41, 5.74) is 8.86. The highest BCUT2D eigenvalue weighted by atomic mass is 16.2. The van der Waals surface area contributed by atoms with E-state index in [-0.39, 0.29) is 0 Å². The number of aryl methyl sites for hydroxylation is 2. The summed E-state index contributed by atoms with van der Waals surface area (Å²) >= 11 is 0. The van der Waals surface area contributed by atoms with Crippen molar-refractivity contribution in [3.05, 3.63) is 34.9 Å². The molecule has 114 valence electrons. The van der Waals surface area contributed by atoms with Gasteiger partial charge in [-0.15, -0.1) is 0 Å². The molecule has 3 N–H and O–H groups in total. The van der Waals surface area contributed by atoms with Crippen molar-refractivity contribution in [2.45, 2.75) is 26.8 Å². The summed E-state index contributed by atoms with van der Waals surface area (Å²) in [5.74, 6) is -1.22. The number of rotatable bonds is 4. The van der Waals surface area contributed by atoms with Gasteiger partial charge >= 0.3 is 11.8 Å². The lowest BCUT2D eigenvalue weighted by Gasteiger charge is -2.17. The second-order valence-electron chi connectivity index (χ2n) is 5.88. The van der Waals surface area contributed by atoms with E-state index in [0.29, 0.717) is 12.5 Å². The SMILES string of the molecule is Cc1ccc(CN2CCC(CNC(=O)C(N)=O)C2)cc1C. The van der Waals surface area contributed by atoms with Gasteiger partial charge in [0.1, 0.15) is 0 Å². The lowest BCUT2D eigenvalue weighted by molar-refractivity contribution is -0.137. The number of carbonyl (C=O) groups is 2. The van der Waals surface area contributed by atoms with Gasteiger partial charge in [0.25, 0.3) is 0 Å². The van der Waals surface area contributed by atoms with Crippen molar-refractivity contribution < 1.29 is 9.59 Å². The normalized spacial score (nSPS) is 18.7. The molecule has 1 aliphatic rings. The van der Waals surface area contributed by atoms with Crippen LogP contribution in [-0.2, 0) is 16.1 Å². The molecule has 5 nitrogen and oxygen atoms in total. The molecule has 0 radical (unpaired) electrons. The van der Waals surface area contributed by atoms with Crippen LogP contribution in [-0.4, -0.2) is 36.3 Å². The van der Waals surface area contributed by atoms with Gasteiger partial charge in [-0.1, -0.05) is 18.2 Å². The summed E-state index contributed by atoms with van der Waals surface area (Å²) in [7, 11) is 0. The number of hydrogen-bond donors (Lipinski definition) is 2. The van der Waals surface area contributed by atoms with Crippen molar-refractivity contribution in [3.63, 3.8) is 0 Å². The second kappa shape index (κ2) is 6.72. The zero-order chi connectivity index (χ0) is 15.4. The van der Waals surface area contributed by atoms with Crippen LogP contribution in [0.25, 0.3) is 0 Å². The van der Waals surface area contributed by atoms with Gasteiger partial charge in [-0.2, -0.15) is 0 Å². The van der Waals surface area contributed by atoms with E-state index in [9.17, 15) is 9.59 Å². The smallest absolute Gasteiger partial charge is 0.309 e. The van der Waals surface area contributed by atoms with Crippen molar-refractivity contribution in [1.29, 1.82) is 0 Å². The van der Waals surface area contributed by atoms with Gasteiger partial charge in [0.2, 0.25) is 0 Å². The monoisotopic (exact) mass is 289 g/mol. The summed E-state index contributed by atoms with van der Waals surface area (Å²) in [6.45, 7) is 7.65. The minimum absolute atomic E-state index is 0.389. The van der Waals surface area contributed by atoms with Gasteiger partial charge < -0.3 is 11.1 Å². The Morgan fingerprint density at radius 3 is 2.76 bits per heavy atom. The summed E-state index contributed by atoms with van der Waals surface area (Å²) in [6, 6.07) is 6.56. The highest BCUT2D eigenvalue weighted by molar-refractivity contribution is 6.34. The Morgan fingerprint density at radius 1 is 1.33 bits per heavy atom. The molecule has 0 aromatic heterocycles. The van der Waals surface area contributed by atoms with E-state index in [1.54, 1.807) is 0 Å². The molecule has 1 heterocycles. The van der Waals surface area contributed by atoms with Gasteiger partial charge in [-0.25, -0.2) is 0 Å². The molecule has 2 amide bonds. The van der Waals surface area contributed by atoms with Crippen LogP contribution in [0.3, 0.4) is 0 Å². The zero-order valence-corrected chi connectivity index (χ0v) is 12.7. The predicted octanol–water partition coefficient (Wildman–Crippen LogP) is 0.727. The topological polar surface area (TPSA) is 75.4 Å². The van der Waals surface area contributed by atoms with Crippen molar-refractivity contribution in [1.82, 2.24) is 10.2 Å². The lowest BCUT2D eigenvalue weighted by Crippen LogP contribution is -2.39. The van der Waals surface area contributed by atoms with Crippen molar-refractivity contribution in [2.24, 2.45) is 11.7 Å². The molecular formula is C16H23N3O2. The summed E-state index contributed by atoms with van der Waals surface area (Å²) in [4.78, 5) is 24.2. The maximum Gasteiger partial charge on any atom is 0.309 e. The Kier molecular flexibility index (Phi) is 4.96. The van der Waals surface area contributed by atoms with Crippen LogP contribution < -0.4 is 11.1 Å². The van der Waals surface area contributed by atoms with E-state index in [2.05, 4.69) is 42.3 Å². The number of nitrogens with one attached hydrogen (secondary N) is 1. The maximum absolute atomic E-state index is 11.1. The highest BCUT2D eigenvalue weighted by Gasteiger charge is 2.23. The van der Waals surface area contributed by atoms with E-state index in [0.717, 1.165) is 26.1 Å². The van der Waals surface area contributed by atoms with Crippen molar-refractivity contribution in [3.8, 4) is 0 Å². The highest BCUT2D eigenvalue weighted by Crippen LogP contribution is 2.19. The van der Waals surface area contributed by atoms with E-state index in [1.807, 2.05) is 0 Å². The van der Waals surface area contributed by atoms with Gasteiger partial charge in [-0.05, 0) is 49.4 Å². The molecule has 0 aliphatic carbocycles. The third-order valence-corrected chi connectivity index (χ3v) is 4.12. The van der Waals surface area contributed by atoms with Crippen LogP contribution in [0.5, 0.6) is 0 Å². The summed E-state index contributed by atoms with van der Waals surface area (Å²) in [5, 5.41) is 2.58. The van der Waals surface area contributed by atoms with Crippen LogP contribution in [0.15, 0.2) is 18.2 Å². The first kappa shape index (κ1) is 15.5. The number of primary amides is 1. The quantitative estimate of drug-likeness (QED) is 0.802. The molecule has 2 rings (SSSR count).